The minimum atomic E-state index is 0.654. The fraction of sp³-hybridized carbons (Fsp3) is 0.0526. The summed E-state index contributed by atoms with van der Waals surface area (Å²) in [5, 5.41) is 15.2. The lowest BCUT2D eigenvalue weighted by molar-refractivity contribution is 1.00. The van der Waals surface area contributed by atoms with Gasteiger partial charge in [-0.3, -0.25) is 19.7 Å². The van der Waals surface area contributed by atoms with Crippen LogP contribution in [-0.2, 0) is 0 Å². The number of pyridine rings is 2. The number of nitrogens with one attached hydrogen (secondary N) is 3. The van der Waals surface area contributed by atoms with Gasteiger partial charge in [0, 0.05) is 29.5 Å². The second-order valence-electron chi connectivity index (χ2n) is 6.71. The third-order valence-corrected chi connectivity index (χ3v) is 4.80. The third-order valence-electron chi connectivity index (χ3n) is 4.80. The zero-order valence-electron chi connectivity index (χ0n) is 15.2. The van der Waals surface area contributed by atoms with Crippen molar-refractivity contribution in [3.63, 3.8) is 0 Å². The van der Waals surface area contributed by atoms with Crippen LogP contribution in [0, 0.1) is 6.92 Å². The standard InChI is InChI=1S/C19H14N10/c1-10-8-29(9-22-10)19-17-13(2-3-20-19)25-18(26-17)16-12-4-14(11-5-23-24-6-11)21-7-15(12)27-28-16/h2-9H,1H3,(H,23,24)(H,25,26)(H,27,28). The fourth-order valence-electron chi connectivity index (χ4n) is 3.41. The maximum atomic E-state index is 4.80. The Morgan fingerprint density at radius 2 is 2.03 bits per heavy atom. The Morgan fingerprint density at radius 1 is 1.07 bits per heavy atom. The molecule has 10 heteroatoms. The fourth-order valence-corrected chi connectivity index (χ4v) is 3.41. The molecule has 0 amide bonds. The van der Waals surface area contributed by atoms with Crippen LogP contribution >= 0.6 is 0 Å². The van der Waals surface area contributed by atoms with E-state index in [4.69, 9.17) is 4.98 Å². The number of hydrogen-bond acceptors (Lipinski definition) is 6. The van der Waals surface area contributed by atoms with Gasteiger partial charge in [-0.25, -0.2) is 15.0 Å². The molecule has 0 bridgehead atoms. The summed E-state index contributed by atoms with van der Waals surface area (Å²) in [6.45, 7) is 1.94. The Hall–Kier alpha value is -4.34. The summed E-state index contributed by atoms with van der Waals surface area (Å²) in [4.78, 5) is 21.4. The second-order valence-corrected chi connectivity index (χ2v) is 6.71. The van der Waals surface area contributed by atoms with E-state index in [0.29, 0.717) is 11.6 Å². The van der Waals surface area contributed by atoms with E-state index in [0.717, 1.165) is 44.6 Å². The van der Waals surface area contributed by atoms with Crippen molar-refractivity contribution in [2.45, 2.75) is 6.92 Å². The molecule has 140 valence electrons. The number of H-pyrrole nitrogens is 3. The molecule has 0 atom stereocenters. The minimum Gasteiger partial charge on any atom is -0.336 e. The highest BCUT2D eigenvalue weighted by Gasteiger charge is 2.17. The molecule has 29 heavy (non-hydrogen) atoms. The van der Waals surface area contributed by atoms with E-state index in [-0.39, 0.29) is 0 Å². The van der Waals surface area contributed by atoms with Crippen molar-refractivity contribution in [1.82, 2.24) is 49.9 Å². The Balaban J connectivity index is 1.53. The number of imidazole rings is 2. The number of aromatic nitrogens is 10. The highest BCUT2D eigenvalue weighted by Crippen LogP contribution is 2.29. The van der Waals surface area contributed by atoms with Crippen LogP contribution in [0.1, 0.15) is 5.69 Å². The smallest absolute Gasteiger partial charge is 0.166 e. The van der Waals surface area contributed by atoms with Crippen molar-refractivity contribution in [2.24, 2.45) is 0 Å². The molecule has 0 spiro atoms. The predicted octanol–water partition coefficient (Wildman–Crippen LogP) is 2.78. The van der Waals surface area contributed by atoms with E-state index in [1.54, 1.807) is 31.1 Å². The molecular formula is C19H14N10. The molecule has 0 saturated carbocycles. The number of fused-ring (bicyclic) bond motifs is 2. The summed E-state index contributed by atoms with van der Waals surface area (Å²) in [6, 6.07) is 3.87. The summed E-state index contributed by atoms with van der Waals surface area (Å²) in [5.74, 6) is 1.37. The largest absolute Gasteiger partial charge is 0.336 e. The van der Waals surface area contributed by atoms with Gasteiger partial charge in [-0.2, -0.15) is 10.2 Å². The van der Waals surface area contributed by atoms with Gasteiger partial charge in [-0.1, -0.05) is 0 Å². The molecule has 10 nitrogen and oxygen atoms in total. The van der Waals surface area contributed by atoms with Crippen molar-refractivity contribution >= 4 is 21.9 Å². The molecule has 0 aromatic carbocycles. The molecule has 6 heterocycles. The minimum absolute atomic E-state index is 0.654. The van der Waals surface area contributed by atoms with Gasteiger partial charge in [0.15, 0.2) is 11.6 Å². The lowest BCUT2D eigenvalue weighted by atomic mass is 10.1. The van der Waals surface area contributed by atoms with Crippen LogP contribution < -0.4 is 0 Å². The lowest BCUT2D eigenvalue weighted by Crippen LogP contribution is -1.95. The van der Waals surface area contributed by atoms with Crippen LogP contribution in [0.5, 0.6) is 0 Å². The highest BCUT2D eigenvalue weighted by molar-refractivity contribution is 5.95. The van der Waals surface area contributed by atoms with Crippen molar-refractivity contribution in [2.75, 3.05) is 0 Å². The maximum Gasteiger partial charge on any atom is 0.166 e. The molecule has 0 aliphatic carbocycles. The summed E-state index contributed by atoms with van der Waals surface area (Å²) >= 11 is 0. The number of rotatable bonds is 3. The first-order chi connectivity index (χ1) is 14.3. The first kappa shape index (κ1) is 15.7. The quantitative estimate of drug-likeness (QED) is 0.431. The summed E-state index contributed by atoms with van der Waals surface area (Å²) in [5.41, 5.74) is 5.80. The second kappa shape index (κ2) is 5.83. The van der Waals surface area contributed by atoms with Crippen LogP contribution in [0.15, 0.2) is 49.4 Å². The molecule has 0 aliphatic rings. The Labute approximate surface area is 163 Å². The Kier molecular flexibility index (Phi) is 3.15. The molecule has 6 aromatic heterocycles. The van der Waals surface area contributed by atoms with Gasteiger partial charge in [-0.15, -0.1) is 0 Å². The summed E-state index contributed by atoms with van der Waals surface area (Å²) < 4.78 is 1.87. The van der Waals surface area contributed by atoms with Crippen LogP contribution in [0.2, 0.25) is 0 Å². The van der Waals surface area contributed by atoms with Crippen LogP contribution in [-0.4, -0.2) is 49.9 Å². The molecule has 3 N–H and O–H groups in total. The molecule has 0 unspecified atom stereocenters. The number of aromatic amines is 3. The van der Waals surface area contributed by atoms with Crippen LogP contribution in [0.3, 0.4) is 0 Å². The van der Waals surface area contributed by atoms with Gasteiger partial charge >= 0.3 is 0 Å². The maximum absolute atomic E-state index is 4.80. The van der Waals surface area contributed by atoms with E-state index in [1.807, 2.05) is 29.8 Å². The average molecular weight is 382 g/mol. The first-order valence-corrected chi connectivity index (χ1v) is 8.95. The van der Waals surface area contributed by atoms with Crippen molar-refractivity contribution in [3.8, 4) is 28.6 Å². The molecular weight excluding hydrogens is 368 g/mol. The summed E-state index contributed by atoms with van der Waals surface area (Å²) in [6.07, 6.45) is 10.7. The highest BCUT2D eigenvalue weighted by atomic mass is 15.2. The Morgan fingerprint density at radius 3 is 2.86 bits per heavy atom. The van der Waals surface area contributed by atoms with Gasteiger partial charge in [-0.05, 0) is 19.1 Å². The number of hydrogen-bond donors (Lipinski definition) is 3. The van der Waals surface area contributed by atoms with Crippen molar-refractivity contribution in [3.05, 3.63) is 55.1 Å². The first-order valence-electron chi connectivity index (χ1n) is 8.95. The molecule has 0 fully saturated rings. The van der Waals surface area contributed by atoms with E-state index in [2.05, 4.69) is 40.3 Å². The third kappa shape index (κ3) is 2.42. The molecule has 6 aromatic rings. The predicted molar refractivity (Wildman–Crippen MR) is 106 cm³/mol. The molecule has 0 aliphatic heterocycles. The average Bonchev–Trinajstić information content (AvgIpc) is 3.51. The molecule has 6 rings (SSSR count). The normalized spacial score (nSPS) is 11.6. The zero-order chi connectivity index (χ0) is 19.4. The zero-order valence-corrected chi connectivity index (χ0v) is 15.2. The number of nitrogens with zero attached hydrogens (tertiary/aromatic N) is 7. The topological polar surface area (TPSA) is 130 Å². The molecule has 0 radical (unpaired) electrons. The lowest BCUT2D eigenvalue weighted by Gasteiger charge is -2.00. The van der Waals surface area contributed by atoms with Crippen LogP contribution in [0.25, 0.3) is 50.5 Å². The van der Waals surface area contributed by atoms with E-state index in [9.17, 15) is 0 Å². The SMILES string of the molecule is Cc1cn(-c2nccc3[nH]c(-c4n[nH]c5cnc(-c6cn[nH]c6)cc45)nc23)cn1. The van der Waals surface area contributed by atoms with E-state index < -0.39 is 0 Å². The van der Waals surface area contributed by atoms with Gasteiger partial charge in [0.1, 0.15) is 17.5 Å². The van der Waals surface area contributed by atoms with Gasteiger partial charge in [0.25, 0.3) is 0 Å². The van der Waals surface area contributed by atoms with E-state index >= 15 is 0 Å². The van der Waals surface area contributed by atoms with Crippen molar-refractivity contribution < 1.29 is 0 Å². The molecule has 0 saturated heterocycles. The van der Waals surface area contributed by atoms with Crippen molar-refractivity contribution in [1.29, 1.82) is 0 Å². The van der Waals surface area contributed by atoms with Gasteiger partial charge in [0.05, 0.1) is 34.8 Å². The summed E-state index contributed by atoms with van der Waals surface area (Å²) in [7, 11) is 0. The van der Waals surface area contributed by atoms with Gasteiger partial charge in [0.2, 0.25) is 0 Å². The van der Waals surface area contributed by atoms with Gasteiger partial charge < -0.3 is 4.98 Å². The van der Waals surface area contributed by atoms with E-state index in [1.165, 1.54) is 0 Å². The monoisotopic (exact) mass is 382 g/mol. The number of aryl methyl sites for hydroxylation is 1. The Bertz CT molecular complexity index is 1470. The van der Waals surface area contributed by atoms with Crippen LogP contribution in [0.4, 0.5) is 0 Å².